The number of hydrogen-bond donors (Lipinski definition) is 0. The summed E-state index contributed by atoms with van der Waals surface area (Å²) in [7, 11) is 0. The Kier molecular flexibility index (Phi) is 2.26. The molecule has 0 radical (unpaired) electrons. The third-order valence-corrected chi connectivity index (χ3v) is 3.45. The molecule has 2 unspecified atom stereocenters. The van der Waals surface area contributed by atoms with Crippen molar-refractivity contribution in [3.63, 3.8) is 0 Å². The predicted octanol–water partition coefficient (Wildman–Crippen LogP) is 2.31. The van der Waals surface area contributed by atoms with Gasteiger partial charge in [0.05, 0.1) is 0 Å². The predicted molar refractivity (Wildman–Crippen MR) is 62.5 cm³/mol. The second kappa shape index (κ2) is 3.57. The lowest BCUT2D eigenvalue weighted by Gasteiger charge is -2.07. The number of rotatable bonds is 3. The van der Waals surface area contributed by atoms with E-state index in [1.165, 1.54) is 5.56 Å². The maximum Gasteiger partial charge on any atom is 0.338 e. The molecule has 1 aromatic carbocycles. The van der Waals surface area contributed by atoms with Gasteiger partial charge in [-0.25, -0.2) is 4.79 Å². The number of carbonyl (C=O) groups excluding carboxylic acids is 1. The van der Waals surface area contributed by atoms with Gasteiger partial charge in [0.25, 0.3) is 0 Å². The first-order chi connectivity index (χ1) is 8.09. The smallest absolute Gasteiger partial charge is 0.338 e. The molecule has 1 aromatic rings. The topological polar surface area (TPSA) is 38.8 Å². The van der Waals surface area contributed by atoms with Crippen LogP contribution in [0.3, 0.4) is 0 Å². The normalized spacial score (nSPS) is 31.1. The zero-order valence-electron chi connectivity index (χ0n) is 10.1. The van der Waals surface area contributed by atoms with Crippen molar-refractivity contribution in [1.82, 2.24) is 0 Å². The zero-order valence-corrected chi connectivity index (χ0v) is 10.1. The maximum absolute atomic E-state index is 11.8. The SMILES string of the molecule is Cc1ccc(C2(C)OC2C(=O)OC2CC2)cc1. The Morgan fingerprint density at radius 1 is 1.35 bits per heavy atom. The number of hydrogen-bond acceptors (Lipinski definition) is 3. The van der Waals surface area contributed by atoms with E-state index in [0.717, 1.165) is 18.4 Å². The van der Waals surface area contributed by atoms with Gasteiger partial charge in [0.1, 0.15) is 11.7 Å². The number of benzene rings is 1. The molecule has 1 heterocycles. The molecule has 1 aliphatic heterocycles. The first-order valence-corrected chi connectivity index (χ1v) is 6.05. The fraction of sp³-hybridized carbons (Fsp3) is 0.500. The minimum Gasteiger partial charge on any atom is -0.460 e. The summed E-state index contributed by atoms with van der Waals surface area (Å²) in [6, 6.07) is 8.09. The number of aryl methyl sites for hydroxylation is 1. The quantitative estimate of drug-likeness (QED) is 0.593. The lowest BCUT2D eigenvalue weighted by Crippen LogP contribution is -2.19. The highest BCUT2D eigenvalue weighted by Crippen LogP contribution is 2.47. The maximum atomic E-state index is 11.8. The second-order valence-corrected chi connectivity index (χ2v) is 5.11. The molecule has 0 bridgehead atoms. The molecule has 3 rings (SSSR count). The molecular formula is C14H16O3. The summed E-state index contributed by atoms with van der Waals surface area (Å²) < 4.78 is 10.8. The van der Waals surface area contributed by atoms with Crippen LogP contribution in [-0.4, -0.2) is 18.2 Å². The van der Waals surface area contributed by atoms with Crippen LogP contribution in [0.15, 0.2) is 24.3 Å². The van der Waals surface area contributed by atoms with Gasteiger partial charge in [0.2, 0.25) is 0 Å². The molecule has 0 aromatic heterocycles. The lowest BCUT2D eigenvalue weighted by atomic mass is 9.96. The number of carbonyl (C=O) groups is 1. The van der Waals surface area contributed by atoms with E-state index >= 15 is 0 Å². The molecule has 2 atom stereocenters. The van der Waals surface area contributed by atoms with E-state index in [9.17, 15) is 4.79 Å². The summed E-state index contributed by atoms with van der Waals surface area (Å²) in [5, 5.41) is 0. The number of epoxide rings is 1. The van der Waals surface area contributed by atoms with E-state index in [1.54, 1.807) is 0 Å². The molecule has 2 fully saturated rings. The second-order valence-electron chi connectivity index (χ2n) is 5.11. The van der Waals surface area contributed by atoms with Crippen LogP contribution in [0.1, 0.15) is 30.9 Å². The molecule has 0 spiro atoms. The summed E-state index contributed by atoms with van der Waals surface area (Å²) in [4.78, 5) is 11.8. The largest absolute Gasteiger partial charge is 0.460 e. The van der Waals surface area contributed by atoms with Crippen LogP contribution in [0.5, 0.6) is 0 Å². The van der Waals surface area contributed by atoms with E-state index in [-0.39, 0.29) is 12.1 Å². The van der Waals surface area contributed by atoms with Crippen LogP contribution in [0.4, 0.5) is 0 Å². The summed E-state index contributed by atoms with van der Waals surface area (Å²) in [5.41, 5.74) is 1.76. The standard InChI is InChI=1S/C14H16O3/c1-9-3-5-10(6-4-9)14(2)12(17-14)13(15)16-11-7-8-11/h3-6,11-12H,7-8H2,1-2H3. The minimum atomic E-state index is -0.486. The van der Waals surface area contributed by atoms with Crippen molar-refractivity contribution in [3.05, 3.63) is 35.4 Å². The van der Waals surface area contributed by atoms with Gasteiger partial charge in [-0.1, -0.05) is 29.8 Å². The van der Waals surface area contributed by atoms with Gasteiger partial charge in [0, 0.05) is 0 Å². The molecule has 17 heavy (non-hydrogen) atoms. The third kappa shape index (κ3) is 1.95. The molecule has 3 heteroatoms. The van der Waals surface area contributed by atoms with Gasteiger partial charge in [-0.3, -0.25) is 0 Å². The lowest BCUT2D eigenvalue weighted by molar-refractivity contribution is -0.146. The average Bonchev–Trinajstić information content (AvgIpc) is 3.17. The van der Waals surface area contributed by atoms with E-state index in [1.807, 2.05) is 38.1 Å². The van der Waals surface area contributed by atoms with Crippen molar-refractivity contribution in [2.45, 2.75) is 44.5 Å². The first kappa shape index (κ1) is 10.8. The Morgan fingerprint density at radius 3 is 2.59 bits per heavy atom. The van der Waals surface area contributed by atoms with Crippen molar-refractivity contribution >= 4 is 5.97 Å². The number of esters is 1. The van der Waals surface area contributed by atoms with Crippen molar-refractivity contribution in [2.24, 2.45) is 0 Å². The molecule has 2 aliphatic rings. The van der Waals surface area contributed by atoms with Gasteiger partial charge < -0.3 is 9.47 Å². The van der Waals surface area contributed by atoms with Gasteiger partial charge in [-0.15, -0.1) is 0 Å². The molecule has 3 nitrogen and oxygen atoms in total. The summed E-state index contributed by atoms with van der Waals surface area (Å²) >= 11 is 0. The van der Waals surface area contributed by atoms with Gasteiger partial charge in [-0.05, 0) is 32.3 Å². The average molecular weight is 232 g/mol. The van der Waals surface area contributed by atoms with Crippen LogP contribution < -0.4 is 0 Å². The van der Waals surface area contributed by atoms with Crippen molar-refractivity contribution < 1.29 is 14.3 Å². The van der Waals surface area contributed by atoms with Crippen LogP contribution in [0.25, 0.3) is 0 Å². The van der Waals surface area contributed by atoms with E-state index in [4.69, 9.17) is 9.47 Å². The molecule has 1 aliphatic carbocycles. The summed E-state index contributed by atoms with van der Waals surface area (Å²) in [5.74, 6) is -0.212. The first-order valence-electron chi connectivity index (χ1n) is 6.05. The number of ether oxygens (including phenoxy) is 2. The van der Waals surface area contributed by atoms with Crippen LogP contribution in [0, 0.1) is 6.92 Å². The zero-order chi connectivity index (χ0) is 12.0. The van der Waals surface area contributed by atoms with Gasteiger partial charge in [0.15, 0.2) is 6.10 Å². The van der Waals surface area contributed by atoms with E-state index < -0.39 is 11.7 Å². The Balaban J connectivity index is 1.71. The fourth-order valence-corrected chi connectivity index (χ4v) is 2.00. The Bertz CT molecular complexity index is 447. The van der Waals surface area contributed by atoms with Gasteiger partial charge >= 0.3 is 5.97 Å². The highest BCUT2D eigenvalue weighted by molar-refractivity contribution is 5.80. The highest BCUT2D eigenvalue weighted by atomic mass is 16.7. The summed E-state index contributed by atoms with van der Waals surface area (Å²) in [6.45, 7) is 3.98. The van der Waals surface area contributed by atoms with Crippen LogP contribution in [-0.2, 0) is 19.9 Å². The van der Waals surface area contributed by atoms with Crippen molar-refractivity contribution in [3.8, 4) is 0 Å². The summed E-state index contributed by atoms with van der Waals surface area (Å²) in [6.07, 6.45) is 1.72. The van der Waals surface area contributed by atoms with Crippen LogP contribution >= 0.6 is 0 Å². The Labute approximate surface area is 101 Å². The molecule has 90 valence electrons. The van der Waals surface area contributed by atoms with Crippen molar-refractivity contribution in [2.75, 3.05) is 0 Å². The fourth-order valence-electron chi connectivity index (χ4n) is 2.00. The van der Waals surface area contributed by atoms with Crippen molar-refractivity contribution in [1.29, 1.82) is 0 Å². The molecule has 0 N–H and O–H groups in total. The minimum absolute atomic E-state index is 0.147. The molecule has 1 saturated carbocycles. The monoisotopic (exact) mass is 232 g/mol. The Morgan fingerprint density at radius 2 is 2.00 bits per heavy atom. The highest BCUT2D eigenvalue weighted by Gasteiger charge is 2.59. The third-order valence-electron chi connectivity index (χ3n) is 3.45. The van der Waals surface area contributed by atoms with E-state index in [0.29, 0.717) is 0 Å². The Hall–Kier alpha value is -1.35. The molecule has 0 amide bonds. The molecule has 1 saturated heterocycles. The van der Waals surface area contributed by atoms with E-state index in [2.05, 4.69) is 0 Å². The van der Waals surface area contributed by atoms with Crippen LogP contribution in [0.2, 0.25) is 0 Å². The van der Waals surface area contributed by atoms with Gasteiger partial charge in [-0.2, -0.15) is 0 Å². The molecular weight excluding hydrogens is 216 g/mol.